The molecule has 2 rings (SSSR count). The lowest BCUT2D eigenvalue weighted by molar-refractivity contribution is -0.384. The monoisotopic (exact) mass is 208 g/mol. The third-order valence-corrected chi connectivity index (χ3v) is 2.55. The van der Waals surface area contributed by atoms with Crippen LogP contribution < -0.4 is 10.5 Å². The quantitative estimate of drug-likeness (QED) is 0.468. The summed E-state index contributed by atoms with van der Waals surface area (Å²) in [5.74, 6) is 0.547. The fourth-order valence-electron chi connectivity index (χ4n) is 1.42. The number of nitrogen functional groups attached to an aromatic ring is 1. The molecule has 80 valence electrons. The normalized spacial score (nSPS) is 15.7. The van der Waals surface area contributed by atoms with E-state index in [0.717, 1.165) is 12.8 Å². The van der Waals surface area contributed by atoms with E-state index in [1.165, 1.54) is 18.6 Å². The predicted octanol–water partition coefficient (Wildman–Crippen LogP) is 2.11. The third-order valence-electron chi connectivity index (χ3n) is 2.55. The van der Waals surface area contributed by atoms with Crippen molar-refractivity contribution in [1.82, 2.24) is 0 Å². The van der Waals surface area contributed by atoms with E-state index in [1.54, 1.807) is 6.07 Å². The summed E-state index contributed by atoms with van der Waals surface area (Å²) in [7, 11) is 0. The standard InChI is InChI=1S/C10H12N2O3/c11-9-6-7(12(13)14)4-5-10(9)15-8-2-1-3-8/h4-6,8H,1-3,11H2. The molecule has 0 saturated heterocycles. The van der Waals surface area contributed by atoms with E-state index in [1.807, 2.05) is 0 Å². The van der Waals surface area contributed by atoms with Crippen molar-refractivity contribution in [2.24, 2.45) is 0 Å². The highest BCUT2D eigenvalue weighted by molar-refractivity contribution is 5.58. The van der Waals surface area contributed by atoms with Crippen molar-refractivity contribution in [2.45, 2.75) is 25.4 Å². The Balaban J connectivity index is 2.14. The molecule has 1 fully saturated rings. The van der Waals surface area contributed by atoms with Crippen molar-refractivity contribution in [3.05, 3.63) is 28.3 Å². The van der Waals surface area contributed by atoms with Crippen LogP contribution in [0.1, 0.15) is 19.3 Å². The molecule has 0 unspecified atom stereocenters. The van der Waals surface area contributed by atoms with E-state index in [2.05, 4.69) is 0 Å². The number of nitro groups is 1. The summed E-state index contributed by atoms with van der Waals surface area (Å²) in [6.07, 6.45) is 3.48. The Hall–Kier alpha value is -1.78. The molecular weight excluding hydrogens is 196 g/mol. The number of non-ortho nitro benzene ring substituents is 1. The first-order valence-electron chi connectivity index (χ1n) is 4.87. The highest BCUT2D eigenvalue weighted by Gasteiger charge is 2.20. The van der Waals surface area contributed by atoms with Crippen LogP contribution in [0.4, 0.5) is 11.4 Å². The summed E-state index contributed by atoms with van der Waals surface area (Å²) in [4.78, 5) is 9.99. The Morgan fingerprint density at radius 1 is 1.47 bits per heavy atom. The molecule has 0 bridgehead atoms. The maximum absolute atomic E-state index is 10.5. The molecule has 1 aliphatic carbocycles. The van der Waals surface area contributed by atoms with Gasteiger partial charge in [-0.1, -0.05) is 0 Å². The first-order chi connectivity index (χ1) is 7.16. The topological polar surface area (TPSA) is 78.4 Å². The van der Waals surface area contributed by atoms with Crippen molar-refractivity contribution >= 4 is 11.4 Å². The minimum absolute atomic E-state index is 0.00606. The second-order valence-electron chi connectivity index (χ2n) is 3.65. The van der Waals surface area contributed by atoms with Crippen LogP contribution >= 0.6 is 0 Å². The van der Waals surface area contributed by atoms with Gasteiger partial charge in [0.05, 0.1) is 16.7 Å². The molecule has 0 amide bonds. The molecule has 5 heteroatoms. The Bertz CT molecular complexity index is 388. The summed E-state index contributed by atoms with van der Waals surface area (Å²) in [5, 5.41) is 10.5. The zero-order chi connectivity index (χ0) is 10.8. The molecule has 1 aromatic carbocycles. The molecule has 1 saturated carbocycles. The summed E-state index contributed by atoms with van der Waals surface area (Å²) in [6.45, 7) is 0. The van der Waals surface area contributed by atoms with Crippen LogP contribution in [0.15, 0.2) is 18.2 Å². The maximum atomic E-state index is 10.5. The maximum Gasteiger partial charge on any atom is 0.271 e. The number of nitrogens with zero attached hydrogens (tertiary/aromatic N) is 1. The fourth-order valence-corrected chi connectivity index (χ4v) is 1.42. The number of anilines is 1. The number of rotatable bonds is 3. The molecule has 15 heavy (non-hydrogen) atoms. The second kappa shape index (κ2) is 3.76. The first kappa shape index (κ1) is 9.76. The summed E-state index contributed by atoms with van der Waals surface area (Å²) >= 11 is 0. The molecule has 0 atom stereocenters. The first-order valence-corrected chi connectivity index (χ1v) is 4.87. The Kier molecular flexibility index (Phi) is 2.45. The lowest BCUT2D eigenvalue weighted by Crippen LogP contribution is -2.24. The van der Waals surface area contributed by atoms with Crippen molar-refractivity contribution in [1.29, 1.82) is 0 Å². The van der Waals surface area contributed by atoms with Crippen LogP contribution in [-0.2, 0) is 0 Å². The Morgan fingerprint density at radius 3 is 2.67 bits per heavy atom. The average molecular weight is 208 g/mol. The van der Waals surface area contributed by atoms with Crippen molar-refractivity contribution in [2.75, 3.05) is 5.73 Å². The van der Waals surface area contributed by atoms with Crippen molar-refractivity contribution in [3.63, 3.8) is 0 Å². The number of ether oxygens (including phenoxy) is 1. The van der Waals surface area contributed by atoms with Crippen LogP contribution in [0.2, 0.25) is 0 Å². The molecule has 1 aliphatic rings. The van der Waals surface area contributed by atoms with Gasteiger partial charge in [0, 0.05) is 12.1 Å². The molecule has 1 aromatic rings. The predicted molar refractivity (Wildman–Crippen MR) is 55.8 cm³/mol. The Morgan fingerprint density at radius 2 is 2.20 bits per heavy atom. The van der Waals surface area contributed by atoms with Gasteiger partial charge in [-0.2, -0.15) is 0 Å². The van der Waals surface area contributed by atoms with Gasteiger partial charge in [-0.05, 0) is 25.3 Å². The van der Waals surface area contributed by atoms with Gasteiger partial charge in [-0.3, -0.25) is 10.1 Å². The van der Waals surface area contributed by atoms with Crippen LogP contribution in [0.3, 0.4) is 0 Å². The molecule has 0 radical (unpaired) electrons. The lowest BCUT2D eigenvalue weighted by Gasteiger charge is -2.26. The van der Waals surface area contributed by atoms with E-state index >= 15 is 0 Å². The number of nitro benzene ring substituents is 1. The van der Waals surface area contributed by atoms with E-state index in [4.69, 9.17) is 10.5 Å². The van der Waals surface area contributed by atoms with Crippen molar-refractivity contribution < 1.29 is 9.66 Å². The van der Waals surface area contributed by atoms with Gasteiger partial charge in [0.25, 0.3) is 5.69 Å². The van der Waals surface area contributed by atoms with E-state index in [0.29, 0.717) is 11.4 Å². The van der Waals surface area contributed by atoms with Gasteiger partial charge in [0.15, 0.2) is 0 Å². The molecular formula is C10H12N2O3. The van der Waals surface area contributed by atoms with Gasteiger partial charge in [-0.15, -0.1) is 0 Å². The van der Waals surface area contributed by atoms with Crippen molar-refractivity contribution in [3.8, 4) is 5.75 Å². The molecule has 2 N–H and O–H groups in total. The molecule has 5 nitrogen and oxygen atoms in total. The highest BCUT2D eigenvalue weighted by Crippen LogP contribution is 2.31. The average Bonchev–Trinajstić information content (AvgIpc) is 2.12. The zero-order valence-electron chi connectivity index (χ0n) is 8.18. The number of hydrogen-bond donors (Lipinski definition) is 1. The molecule has 0 heterocycles. The highest BCUT2D eigenvalue weighted by atomic mass is 16.6. The van der Waals surface area contributed by atoms with Gasteiger partial charge >= 0.3 is 0 Å². The van der Waals surface area contributed by atoms with Crippen LogP contribution in [-0.4, -0.2) is 11.0 Å². The Labute approximate surface area is 87.0 Å². The lowest BCUT2D eigenvalue weighted by atomic mass is 9.96. The van der Waals surface area contributed by atoms with E-state index < -0.39 is 4.92 Å². The summed E-state index contributed by atoms with van der Waals surface area (Å²) in [5.41, 5.74) is 5.98. The molecule has 0 aromatic heterocycles. The van der Waals surface area contributed by atoms with Gasteiger partial charge in [-0.25, -0.2) is 0 Å². The zero-order valence-corrected chi connectivity index (χ0v) is 8.18. The van der Waals surface area contributed by atoms with Crippen LogP contribution in [0.25, 0.3) is 0 Å². The van der Waals surface area contributed by atoms with Gasteiger partial charge in [0.1, 0.15) is 5.75 Å². The van der Waals surface area contributed by atoms with Gasteiger partial charge in [0.2, 0.25) is 0 Å². The van der Waals surface area contributed by atoms with E-state index in [9.17, 15) is 10.1 Å². The SMILES string of the molecule is Nc1cc([N+](=O)[O-])ccc1OC1CCC1. The largest absolute Gasteiger partial charge is 0.488 e. The molecule has 0 spiro atoms. The third kappa shape index (κ3) is 2.01. The minimum atomic E-state index is -0.469. The van der Waals surface area contributed by atoms with E-state index in [-0.39, 0.29) is 11.8 Å². The summed E-state index contributed by atoms with van der Waals surface area (Å²) < 4.78 is 5.57. The van der Waals surface area contributed by atoms with Crippen LogP contribution in [0.5, 0.6) is 5.75 Å². The number of nitrogens with two attached hydrogens (primary N) is 1. The minimum Gasteiger partial charge on any atom is -0.488 e. The second-order valence-corrected chi connectivity index (χ2v) is 3.65. The fraction of sp³-hybridized carbons (Fsp3) is 0.400. The summed E-state index contributed by atoms with van der Waals surface area (Å²) in [6, 6.07) is 4.30. The molecule has 0 aliphatic heterocycles. The number of benzene rings is 1. The van der Waals surface area contributed by atoms with Crippen LogP contribution in [0, 0.1) is 10.1 Å². The van der Waals surface area contributed by atoms with Gasteiger partial charge < -0.3 is 10.5 Å². The number of hydrogen-bond acceptors (Lipinski definition) is 4. The smallest absolute Gasteiger partial charge is 0.271 e.